The highest BCUT2D eigenvalue weighted by Gasteiger charge is 2.23. The summed E-state index contributed by atoms with van der Waals surface area (Å²) in [4.78, 5) is 16.0. The second kappa shape index (κ2) is 4.14. The van der Waals surface area contributed by atoms with Gasteiger partial charge in [0.25, 0.3) is 0 Å². The Morgan fingerprint density at radius 3 is 3.18 bits per heavy atom. The van der Waals surface area contributed by atoms with Crippen LogP contribution in [-0.4, -0.2) is 21.5 Å². The number of hydrogen-bond acceptors (Lipinski definition) is 2. The molecule has 2 aromatic heterocycles. The standard InChI is InChI=1S/C12H12BrN3O/c13-8-5-11-10(14-6-8)3-4-16(11)7-12(17)15-9-1-2-9/h3-6,9H,1-2,7H2,(H,15,17). The lowest BCUT2D eigenvalue weighted by Gasteiger charge is -2.06. The topological polar surface area (TPSA) is 46.9 Å². The molecule has 1 aliphatic carbocycles. The Bertz CT molecular complexity index is 574. The summed E-state index contributed by atoms with van der Waals surface area (Å²) in [5.41, 5.74) is 1.89. The van der Waals surface area contributed by atoms with Gasteiger partial charge in [-0.05, 0) is 40.9 Å². The molecule has 1 N–H and O–H groups in total. The van der Waals surface area contributed by atoms with Crippen molar-refractivity contribution in [3.05, 3.63) is 29.0 Å². The Morgan fingerprint density at radius 1 is 1.59 bits per heavy atom. The van der Waals surface area contributed by atoms with Gasteiger partial charge in [0, 0.05) is 22.9 Å². The Balaban J connectivity index is 1.83. The first-order chi connectivity index (χ1) is 8.22. The van der Waals surface area contributed by atoms with Gasteiger partial charge >= 0.3 is 0 Å². The smallest absolute Gasteiger partial charge is 0.240 e. The second-order valence-electron chi connectivity index (χ2n) is 4.34. The van der Waals surface area contributed by atoms with Crippen LogP contribution < -0.4 is 5.32 Å². The van der Waals surface area contributed by atoms with E-state index in [1.165, 1.54) is 0 Å². The van der Waals surface area contributed by atoms with Gasteiger partial charge in [0.05, 0.1) is 11.0 Å². The van der Waals surface area contributed by atoms with Crippen molar-refractivity contribution in [2.24, 2.45) is 0 Å². The molecule has 0 saturated heterocycles. The lowest BCUT2D eigenvalue weighted by atomic mass is 10.4. The van der Waals surface area contributed by atoms with Crippen molar-refractivity contribution in [1.82, 2.24) is 14.9 Å². The molecule has 0 atom stereocenters. The number of fused-ring (bicyclic) bond motifs is 1. The number of pyridine rings is 1. The van der Waals surface area contributed by atoms with Crippen molar-refractivity contribution < 1.29 is 4.79 Å². The van der Waals surface area contributed by atoms with Crippen molar-refractivity contribution in [1.29, 1.82) is 0 Å². The van der Waals surface area contributed by atoms with Gasteiger partial charge in [-0.25, -0.2) is 0 Å². The molecular weight excluding hydrogens is 282 g/mol. The summed E-state index contributed by atoms with van der Waals surface area (Å²) in [6.45, 7) is 0.359. The first-order valence-electron chi connectivity index (χ1n) is 5.62. The molecule has 2 heterocycles. The van der Waals surface area contributed by atoms with E-state index in [0.717, 1.165) is 28.3 Å². The molecule has 0 spiro atoms. The molecule has 1 aliphatic rings. The van der Waals surface area contributed by atoms with Crippen LogP contribution >= 0.6 is 15.9 Å². The highest BCUT2D eigenvalue weighted by Crippen LogP contribution is 2.20. The van der Waals surface area contributed by atoms with E-state index in [-0.39, 0.29) is 5.91 Å². The van der Waals surface area contributed by atoms with Crippen LogP contribution in [0.5, 0.6) is 0 Å². The zero-order chi connectivity index (χ0) is 11.8. The predicted octanol–water partition coefficient (Wildman–Crippen LogP) is 2.08. The van der Waals surface area contributed by atoms with Crippen LogP contribution in [0.25, 0.3) is 11.0 Å². The van der Waals surface area contributed by atoms with Gasteiger partial charge < -0.3 is 9.88 Å². The Hall–Kier alpha value is -1.36. The third-order valence-electron chi connectivity index (χ3n) is 2.84. The van der Waals surface area contributed by atoms with E-state index in [0.29, 0.717) is 12.6 Å². The fraction of sp³-hybridized carbons (Fsp3) is 0.333. The monoisotopic (exact) mass is 293 g/mol. The third-order valence-corrected chi connectivity index (χ3v) is 3.28. The number of nitrogens with zero attached hydrogens (tertiary/aromatic N) is 2. The van der Waals surface area contributed by atoms with Crippen LogP contribution in [0.2, 0.25) is 0 Å². The van der Waals surface area contributed by atoms with Gasteiger partial charge in [-0.2, -0.15) is 0 Å². The van der Waals surface area contributed by atoms with Gasteiger partial charge in [0.1, 0.15) is 6.54 Å². The largest absolute Gasteiger partial charge is 0.352 e. The number of amides is 1. The number of halogens is 1. The molecule has 4 nitrogen and oxygen atoms in total. The molecular formula is C12H12BrN3O. The number of carbonyl (C=O) groups is 1. The molecule has 2 aromatic rings. The second-order valence-corrected chi connectivity index (χ2v) is 5.26. The van der Waals surface area contributed by atoms with Crippen molar-refractivity contribution >= 4 is 32.9 Å². The number of hydrogen-bond donors (Lipinski definition) is 1. The van der Waals surface area contributed by atoms with E-state index in [1.54, 1.807) is 6.20 Å². The zero-order valence-electron chi connectivity index (χ0n) is 9.19. The third kappa shape index (κ3) is 2.34. The average Bonchev–Trinajstić information content (AvgIpc) is 3.01. The lowest BCUT2D eigenvalue weighted by molar-refractivity contribution is -0.121. The van der Waals surface area contributed by atoms with Crippen molar-refractivity contribution in [3.63, 3.8) is 0 Å². The van der Waals surface area contributed by atoms with E-state index in [2.05, 4.69) is 26.2 Å². The molecule has 3 rings (SSSR count). The highest BCUT2D eigenvalue weighted by atomic mass is 79.9. The summed E-state index contributed by atoms with van der Waals surface area (Å²) in [5.74, 6) is 0.0741. The molecule has 0 aromatic carbocycles. The maximum Gasteiger partial charge on any atom is 0.240 e. The van der Waals surface area contributed by atoms with Gasteiger partial charge in [0.15, 0.2) is 0 Å². The maximum absolute atomic E-state index is 11.7. The molecule has 0 radical (unpaired) electrons. The SMILES string of the molecule is O=C(Cn1ccc2ncc(Br)cc21)NC1CC1. The van der Waals surface area contributed by atoms with Gasteiger partial charge in [-0.15, -0.1) is 0 Å². The normalized spacial score (nSPS) is 15.1. The van der Waals surface area contributed by atoms with Gasteiger partial charge in [-0.3, -0.25) is 9.78 Å². The Morgan fingerprint density at radius 2 is 2.41 bits per heavy atom. The highest BCUT2D eigenvalue weighted by molar-refractivity contribution is 9.10. The minimum absolute atomic E-state index is 0.0741. The average molecular weight is 294 g/mol. The van der Waals surface area contributed by atoms with E-state index in [9.17, 15) is 4.79 Å². The van der Waals surface area contributed by atoms with Crippen LogP contribution in [0, 0.1) is 0 Å². The molecule has 88 valence electrons. The molecule has 0 unspecified atom stereocenters. The Labute approximate surface area is 107 Å². The van der Waals surface area contributed by atoms with Crippen LogP contribution in [-0.2, 0) is 11.3 Å². The number of aromatic nitrogens is 2. The van der Waals surface area contributed by atoms with Crippen LogP contribution in [0.3, 0.4) is 0 Å². The number of nitrogens with one attached hydrogen (secondary N) is 1. The summed E-state index contributed by atoms with van der Waals surface area (Å²) in [5, 5.41) is 2.98. The van der Waals surface area contributed by atoms with E-state index >= 15 is 0 Å². The van der Waals surface area contributed by atoms with Gasteiger partial charge in [0.2, 0.25) is 5.91 Å². The number of rotatable bonds is 3. The fourth-order valence-corrected chi connectivity index (χ4v) is 2.15. The lowest BCUT2D eigenvalue weighted by Crippen LogP contribution is -2.29. The zero-order valence-corrected chi connectivity index (χ0v) is 10.8. The Kier molecular flexibility index (Phi) is 2.63. The molecule has 1 amide bonds. The van der Waals surface area contributed by atoms with E-state index < -0.39 is 0 Å². The first kappa shape index (κ1) is 10.8. The minimum atomic E-state index is 0.0741. The van der Waals surface area contributed by atoms with Crippen LogP contribution in [0.15, 0.2) is 29.0 Å². The van der Waals surface area contributed by atoms with Crippen molar-refractivity contribution in [3.8, 4) is 0 Å². The molecule has 0 aliphatic heterocycles. The number of carbonyl (C=O) groups excluding carboxylic acids is 1. The van der Waals surface area contributed by atoms with Crippen molar-refractivity contribution in [2.45, 2.75) is 25.4 Å². The van der Waals surface area contributed by atoms with E-state index in [4.69, 9.17) is 0 Å². The fourth-order valence-electron chi connectivity index (χ4n) is 1.83. The minimum Gasteiger partial charge on any atom is -0.352 e. The van der Waals surface area contributed by atoms with Crippen LogP contribution in [0.1, 0.15) is 12.8 Å². The molecule has 5 heteroatoms. The van der Waals surface area contributed by atoms with Crippen LogP contribution in [0.4, 0.5) is 0 Å². The maximum atomic E-state index is 11.7. The van der Waals surface area contributed by atoms with Crippen molar-refractivity contribution in [2.75, 3.05) is 0 Å². The summed E-state index contributed by atoms with van der Waals surface area (Å²) in [6, 6.07) is 4.31. The van der Waals surface area contributed by atoms with E-state index in [1.807, 2.05) is 22.9 Å². The summed E-state index contributed by atoms with van der Waals surface area (Å²) >= 11 is 3.39. The predicted molar refractivity (Wildman–Crippen MR) is 68.6 cm³/mol. The molecule has 0 bridgehead atoms. The molecule has 1 saturated carbocycles. The molecule has 17 heavy (non-hydrogen) atoms. The summed E-state index contributed by atoms with van der Waals surface area (Å²) in [6.07, 6.45) is 5.89. The molecule has 1 fully saturated rings. The summed E-state index contributed by atoms with van der Waals surface area (Å²) in [7, 11) is 0. The van der Waals surface area contributed by atoms with Gasteiger partial charge in [-0.1, -0.05) is 0 Å². The quantitative estimate of drug-likeness (QED) is 0.942. The first-order valence-corrected chi connectivity index (χ1v) is 6.41. The summed E-state index contributed by atoms with van der Waals surface area (Å²) < 4.78 is 2.85.